The zero-order valence-electron chi connectivity index (χ0n) is 10.6. The third-order valence-corrected chi connectivity index (χ3v) is 2.81. The summed E-state index contributed by atoms with van der Waals surface area (Å²) in [5.41, 5.74) is 10.4. The van der Waals surface area contributed by atoms with Crippen molar-refractivity contribution >= 4 is 11.8 Å². The molecule has 1 heterocycles. The van der Waals surface area contributed by atoms with Crippen molar-refractivity contribution in [3.63, 3.8) is 0 Å². The molecule has 0 bridgehead atoms. The van der Waals surface area contributed by atoms with Crippen molar-refractivity contribution in [3.05, 3.63) is 0 Å². The van der Waals surface area contributed by atoms with Gasteiger partial charge in [-0.2, -0.15) is 0 Å². The van der Waals surface area contributed by atoms with Crippen LogP contribution in [-0.4, -0.2) is 74.1 Å². The molecule has 0 aromatic heterocycles. The van der Waals surface area contributed by atoms with Gasteiger partial charge in [-0.15, -0.1) is 0 Å². The first kappa shape index (κ1) is 14.9. The third-order valence-electron chi connectivity index (χ3n) is 2.81. The summed E-state index contributed by atoms with van der Waals surface area (Å²) in [6.45, 7) is 3.91. The van der Waals surface area contributed by atoms with Crippen LogP contribution in [0.15, 0.2) is 0 Å². The Bertz CT molecular complexity index is 285. The number of rotatable bonds is 6. The molecule has 1 aliphatic heterocycles. The fourth-order valence-corrected chi connectivity index (χ4v) is 1.93. The van der Waals surface area contributed by atoms with E-state index in [2.05, 4.69) is 0 Å². The SMILES string of the molecule is NCCOCC(=O)N1CCCN(CC(N)=O)CC1. The van der Waals surface area contributed by atoms with E-state index in [-0.39, 0.29) is 25.0 Å². The molecular weight excluding hydrogens is 236 g/mol. The molecule has 0 atom stereocenters. The van der Waals surface area contributed by atoms with E-state index < -0.39 is 0 Å². The first-order valence-electron chi connectivity index (χ1n) is 6.19. The highest BCUT2D eigenvalue weighted by molar-refractivity contribution is 5.77. The van der Waals surface area contributed by atoms with Gasteiger partial charge >= 0.3 is 0 Å². The number of amides is 2. The van der Waals surface area contributed by atoms with Crippen LogP contribution in [0.2, 0.25) is 0 Å². The zero-order chi connectivity index (χ0) is 13.4. The molecule has 18 heavy (non-hydrogen) atoms. The summed E-state index contributed by atoms with van der Waals surface area (Å²) in [6.07, 6.45) is 0.843. The monoisotopic (exact) mass is 258 g/mol. The zero-order valence-corrected chi connectivity index (χ0v) is 10.6. The van der Waals surface area contributed by atoms with Crippen molar-refractivity contribution in [2.45, 2.75) is 6.42 Å². The summed E-state index contributed by atoms with van der Waals surface area (Å²) in [6, 6.07) is 0. The minimum atomic E-state index is -0.332. The molecule has 4 N–H and O–H groups in total. The molecule has 1 aliphatic rings. The Kier molecular flexibility index (Phi) is 6.63. The van der Waals surface area contributed by atoms with Crippen molar-refractivity contribution < 1.29 is 14.3 Å². The highest BCUT2D eigenvalue weighted by Gasteiger charge is 2.19. The Morgan fingerprint density at radius 2 is 1.94 bits per heavy atom. The van der Waals surface area contributed by atoms with Crippen LogP contribution in [0.5, 0.6) is 0 Å². The van der Waals surface area contributed by atoms with Gasteiger partial charge in [0.1, 0.15) is 6.61 Å². The van der Waals surface area contributed by atoms with Gasteiger partial charge in [0.15, 0.2) is 0 Å². The normalized spacial score (nSPS) is 17.5. The first-order chi connectivity index (χ1) is 8.63. The number of carbonyl (C=O) groups excluding carboxylic acids is 2. The van der Waals surface area contributed by atoms with Crippen molar-refractivity contribution in [2.75, 3.05) is 52.5 Å². The number of carbonyl (C=O) groups is 2. The highest BCUT2D eigenvalue weighted by Crippen LogP contribution is 2.03. The van der Waals surface area contributed by atoms with Crippen molar-refractivity contribution in [1.82, 2.24) is 9.80 Å². The molecule has 104 valence electrons. The number of nitrogens with zero attached hydrogens (tertiary/aromatic N) is 2. The molecule has 7 nitrogen and oxygen atoms in total. The maximum Gasteiger partial charge on any atom is 0.248 e. The number of ether oxygens (including phenoxy) is 1. The predicted octanol–water partition coefficient (Wildman–Crippen LogP) is -2.02. The molecule has 1 saturated heterocycles. The van der Waals surface area contributed by atoms with Crippen LogP contribution < -0.4 is 11.5 Å². The van der Waals surface area contributed by atoms with Crippen molar-refractivity contribution in [2.24, 2.45) is 11.5 Å². The van der Waals surface area contributed by atoms with Crippen molar-refractivity contribution in [1.29, 1.82) is 0 Å². The van der Waals surface area contributed by atoms with E-state index in [0.29, 0.717) is 32.8 Å². The lowest BCUT2D eigenvalue weighted by atomic mass is 10.3. The van der Waals surface area contributed by atoms with Gasteiger partial charge in [0.25, 0.3) is 0 Å². The molecule has 7 heteroatoms. The average Bonchev–Trinajstić information content (AvgIpc) is 2.54. The second-order valence-corrected chi connectivity index (χ2v) is 4.32. The Hall–Kier alpha value is -1.18. The molecule has 1 rings (SSSR count). The fourth-order valence-electron chi connectivity index (χ4n) is 1.93. The molecule has 0 radical (unpaired) electrons. The maximum absolute atomic E-state index is 11.8. The second kappa shape index (κ2) is 8.02. The smallest absolute Gasteiger partial charge is 0.248 e. The molecule has 0 saturated carbocycles. The summed E-state index contributed by atoms with van der Waals surface area (Å²) in [5.74, 6) is -0.356. The molecule has 2 amide bonds. The van der Waals surface area contributed by atoms with Crippen LogP contribution in [0.25, 0.3) is 0 Å². The minimum Gasteiger partial charge on any atom is -0.370 e. The van der Waals surface area contributed by atoms with E-state index in [4.69, 9.17) is 16.2 Å². The third kappa shape index (κ3) is 5.44. The van der Waals surface area contributed by atoms with Gasteiger partial charge in [0.05, 0.1) is 13.2 Å². The van der Waals surface area contributed by atoms with Crippen LogP contribution in [0, 0.1) is 0 Å². The standard InChI is InChI=1S/C11H22N4O3/c12-2-7-18-9-11(17)15-4-1-3-14(5-6-15)8-10(13)16/h1-9,12H2,(H2,13,16). The Morgan fingerprint density at radius 1 is 1.17 bits per heavy atom. The largest absolute Gasteiger partial charge is 0.370 e. The van der Waals surface area contributed by atoms with Crippen molar-refractivity contribution in [3.8, 4) is 0 Å². The second-order valence-electron chi connectivity index (χ2n) is 4.32. The predicted molar refractivity (Wildman–Crippen MR) is 66.7 cm³/mol. The van der Waals surface area contributed by atoms with Gasteiger partial charge in [-0.25, -0.2) is 0 Å². The number of hydrogen-bond donors (Lipinski definition) is 2. The lowest BCUT2D eigenvalue weighted by Crippen LogP contribution is -2.39. The molecule has 0 aliphatic carbocycles. The molecule has 0 aromatic carbocycles. The van der Waals surface area contributed by atoms with Crippen LogP contribution in [-0.2, 0) is 14.3 Å². The number of primary amides is 1. The van der Waals surface area contributed by atoms with Gasteiger partial charge in [-0.05, 0) is 6.42 Å². The van der Waals surface area contributed by atoms with Gasteiger partial charge in [0.2, 0.25) is 11.8 Å². The minimum absolute atomic E-state index is 0.0237. The van der Waals surface area contributed by atoms with E-state index in [1.807, 2.05) is 4.90 Å². The Morgan fingerprint density at radius 3 is 2.61 bits per heavy atom. The van der Waals surface area contributed by atoms with Crippen LogP contribution in [0.1, 0.15) is 6.42 Å². The summed E-state index contributed by atoms with van der Waals surface area (Å²) in [7, 11) is 0. The Labute approximate surface area is 107 Å². The quantitative estimate of drug-likeness (QED) is 0.536. The first-order valence-corrected chi connectivity index (χ1v) is 6.19. The molecule has 1 fully saturated rings. The van der Waals surface area contributed by atoms with E-state index in [9.17, 15) is 9.59 Å². The van der Waals surface area contributed by atoms with Gasteiger partial charge in [0, 0.05) is 32.7 Å². The Balaban J connectivity index is 2.32. The van der Waals surface area contributed by atoms with Gasteiger partial charge in [-0.1, -0.05) is 0 Å². The van der Waals surface area contributed by atoms with E-state index >= 15 is 0 Å². The van der Waals surface area contributed by atoms with Gasteiger partial charge < -0.3 is 21.1 Å². The van der Waals surface area contributed by atoms with E-state index in [1.165, 1.54) is 0 Å². The summed E-state index contributed by atoms with van der Waals surface area (Å²) < 4.78 is 5.13. The van der Waals surface area contributed by atoms with Gasteiger partial charge in [-0.3, -0.25) is 14.5 Å². The maximum atomic E-state index is 11.8. The lowest BCUT2D eigenvalue weighted by molar-refractivity contribution is -0.135. The summed E-state index contributed by atoms with van der Waals surface area (Å²) in [5, 5.41) is 0. The average molecular weight is 258 g/mol. The fraction of sp³-hybridized carbons (Fsp3) is 0.818. The lowest BCUT2D eigenvalue weighted by Gasteiger charge is -2.21. The molecule has 0 spiro atoms. The topological polar surface area (TPSA) is 102 Å². The summed E-state index contributed by atoms with van der Waals surface area (Å²) >= 11 is 0. The highest BCUT2D eigenvalue weighted by atomic mass is 16.5. The van der Waals surface area contributed by atoms with Crippen LogP contribution >= 0.6 is 0 Å². The number of hydrogen-bond acceptors (Lipinski definition) is 5. The molecule has 0 aromatic rings. The molecule has 0 unspecified atom stereocenters. The van der Waals surface area contributed by atoms with Crippen LogP contribution in [0.3, 0.4) is 0 Å². The van der Waals surface area contributed by atoms with Crippen LogP contribution in [0.4, 0.5) is 0 Å². The summed E-state index contributed by atoms with van der Waals surface area (Å²) in [4.78, 5) is 26.4. The van der Waals surface area contributed by atoms with E-state index in [0.717, 1.165) is 13.0 Å². The molecular formula is C11H22N4O3. The van der Waals surface area contributed by atoms with E-state index in [1.54, 1.807) is 4.90 Å². The number of nitrogens with two attached hydrogens (primary N) is 2.